The number of fused-ring (bicyclic) bond motifs is 1. The molecule has 2 aromatic carbocycles. The Balaban J connectivity index is 1.40. The first-order chi connectivity index (χ1) is 17.2. The largest absolute Gasteiger partial charge is 0.437 e. The Morgan fingerprint density at radius 1 is 1.06 bits per heavy atom. The molecule has 0 bridgehead atoms. The van der Waals surface area contributed by atoms with Gasteiger partial charge in [0, 0.05) is 18.1 Å². The van der Waals surface area contributed by atoms with Crippen LogP contribution in [0, 0.1) is 0 Å². The molecule has 1 fully saturated rings. The molecule has 2 heterocycles. The standard InChI is InChI=1S/C24H21Cl4N3O5/c25-18-9-11-20(21-17(18)7-4-12-29-21)35-22(32)19-10-8-16(13-30-19)31(23(33)36-24(26,27)28)34-14-15-5-2-1-3-6-15/h1-7,9,11-12,16,19,30H,8,10,13-14H2/t16-,19+/m1/s1. The van der Waals surface area contributed by atoms with Gasteiger partial charge in [0.1, 0.15) is 18.2 Å². The van der Waals surface area contributed by atoms with E-state index < -0.39 is 28.1 Å². The number of alkyl halides is 3. The molecule has 1 aromatic heterocycles. The molecule has 0 radical (unpaired) electrons. The number of piperidine rings is 1. The number of ether oxygens (including phenoxy) is 2. The number of aromatic nitrogens is 1. The summed E-state index contributed by atoms with van der Waals surface area (Å²) in [6.07, 6.45) is 1.39. The molecule has 12 heteroatoms. The van der Waals surface area contributed by atoms with Gasteiger partial charge in [-0.2, -0.15) is 5.06 Å². The normalized spacial score (nSPS) is 18.0. The number of benzene rings is 2. The van der Waals surface area contributed by atoms with Gasteiger partial charge in [-0.05, 0) is 77.5 Å². The maximum atomic E-state index is 12.9. The van der Waals surface area contributed by atoms with Crippen LogP contribution in [-0.4, -0.2) is 44.7 Å². The third-order valence-corrected chi connectivity index (χ3v) is 6.05. The van der Waals surface area contributed by atoms with Gasteiger partial charge in [0.2, 0.25) is 0 Å². The minimum Gasteiger partial charge on any atom is -0.423 e. The summed E-state index contributed by atoms with van der Waals surface area (Å²) in [5.41, 5.74) is 1.32. The molecule has 1 N–H and O–H groups in total. The molecule has 0 unspecified atom stereocenters. The highest BCUT2D eigenvalue weighted by Gasteiger charge is 2.37. The van der Waals surface area contributed by atoms with Crippen molar-refractivity contribution >= 4 is 69.4 Å². The Morgan fingerprint density at radius 3 is 2.53 bits per heavy atom. The zero-order valence-electron chi connectivity index (χ0n) is 18.7. The average molecular weight is 573 g/mol. The Hall–Kier alpha value is -2.33. The molecule has 8 nitrogen and oxygen atoms in total. The molecule has 3 aromatic rings. The van der Waals surface area contributed by atoms with E-state index in [2.05, 4.69) is 10.3 Å². The van der Waals surface area contributed by atoms with Gasteiger partial charge in [-0.3, -0.25) is 9.82 Å². The summed E-state index contributed by atoms with van der Waals surface area (Å²) in [6, 6.07) is 15.0. The van der Waals surface area contributed by atoms with E-state index in [1.54, 1.807) is 30.5 Å². The van der Waals surface area contributed by atoms with Gasteiger partial charge in [-0.15, -0.1) is 0 Å². The maximum Gasteiger partial charge on any atom is 0.437 e. The molecule has 190 valence electrons. The van der Waals surface area contributed by atoms with Crippen molar-refractivity contribution in [1.82, 2.24) is 15.4 Å². The number of amides is 1. The van der Waals surface area contributed by atoms with Crippen molar-refractivity contribution in [3.05, 3.63) is 71.4 Å². The van der Waals surface area contributed by atoms with Gasteiger partial charge in [-0.1, -0.05) is 41.9 Å². The second kappa shape index (κ2) is 11.8. The average Bonchev–Trinajstić information content (AvgIpc) is 2.86. The molecule has 36 heavy (non-hydrogen) atoms. The quantitative estimate of drug-likeness (QED) is 0.172. The zero-order chi connectivity index (χ0) is 25.7. The summed E-state index contributed by atoms with van der Waals surface area (Å²) in [6.45, 7) is 0.303. The number of pyridine rings is 1. The maximum absolute atomic E-state index is 12.9. The van der Waals surface area contributed by atoms with Gasteiger partial charge in [0.15, 0.2) is 5.75 Å². The molecule has 1 aliphatic heterocycles. The van der Waals surface area contributed by atoms with Crippen molar-refractivity contribution in [3.8, 4) is 5.75 Å². The summed E-state index contributed by atoms with van der Waals surface area (Å²) >= 11 is 23.1. The van der Waals surface area contributed by atoms with Gasteiger partial charge in [-0.25, -0.2) is 9.59 Å². The number of esters is 1. The van der Waals surface area contributed by atoms with Crippen LogP contribution < -0.4 is 10.1 Å². The van der Waals surface area contributed by atoms with Crippen LogP contribution in [0.25, 0.3) is 10.9 Å². The highest BCUT2D eigenvalue weighted by molar-refractivity contribution is 6.66. The van der Waals surface area contributed by atoms with Gasteiger partial charge < -0.3 is 14.8 Å². The number of hydrogen-bond acceptors (Lipinski definition) is 7. The van der Waals surface area contributed by atoms with Crippen molar-refractivity contribution in [3.63, 3.8) is 0 Å². The Bertz CT molecular complexity index is 1220. The van der Waals surface area contributed by atoms with Crippen LogP contribution in [0.2, 0.25) is 5.02 Å². The fourth-order valence-electron chi connectivity index (χ4n) is 3.79. The van der Waals surface area contributed by atoms with Gasteiger partial charge in [0.05, 0.1) is 11.1 Å². The van der Waals surface area contributed by atoms with Crippen molar-refractivity contribution in [2.75, 3.05) is 6.54 Å². The lowest BCUT2D eigenvalue weighted by Crippen LogP contribution is -2.54. The summed E-state index contributed by atoms with van der Waals surface area (Å²) in [5, 5.41) is 5.31. The SMILES string of the molecule is O=C(Oc1ccc(Cl)c2cccnc12)[C@@H]1CC[C@@H](N(OCc2ccccc2)C(=O)OC(Cl)(Cl)Cl)CN1. The minimum absolute atomic E-state index is 0.0917. The molecule has 0 aliphatic carbocycles. The minimum atomic E-state index is -2.25. The third kappa shape index (κ3) is 6.91. The van der Waals surface area contributed by atoms with E-state index in [1.165, 1.54) is 0 Å². The number of nitrogens with one attached hydrogen (secondary N) is 1. The number of carbonyl (C=O) groups is 2. The van der Waals surface area contributed by atoms with E-state index in [1.807, 2.05) is 30.3 Å². The van der Waals surface area contributed by atoms with E-state index in [4.69, 9.17) is 60.7 Å². The molecule has 1 aliphatic rings. The molecule has 1 amide bonds. The molecule has 0 saturated carbocycles. The van der Waals surface area contributed by atoms with Gasteiger partial charge in [0.25, 0.3) is 0 Å². The predicted molar refractivity (Wildman–Crippen MR) is 137 cm³/mol. The number of rotatable bonds is 6. The second-order valence-corrected chi connectivity index (χ2v) is 10.5. The van der Waals surface area contributed by atoms with Crippen molar-refractivity contribution in [2.24, 2.45) is 0 Å². The van der Waals surface area contributed by atoms with Crippen molar-refractivity contribution in [1.29, 1.82) is 0 Å². The Kier molecular flexibility index (Phi) is 8.77. The van der Waals surface area contributed by atoms with Crippen molar-refractivity contribution in [2.45, 2.75) is 35.5 Å². The number of carbonyl (C=O) groups excluding carboxylic acids is 2. The number of nitrogens with zero attached hydrogens (tertiary/aromatic N) is 2. The Labute approximate surface area is 227 Å². The van der Waals surface area contributed by atoms with Crippen LogP contribution in [0.5, 0.6) is 5.75 Å². The molecule has 2 atom stereocenters. The first-order valence-electron chi connectivity index (χ1n) is 11.0. The summed E-state index contributed by atoms with van der Waals surface area (Å²) in [7, 11) is 0. The van der Waals surface area contributed by atoms with E-state index in [0.29, 0.717) is 34.5 Å². The topological polar surface area (TPSA) is 90.0 Å². The fraction of sp³-hybridized carbons (Fsp3) is 0.292. The molecular weight excluding hydrogens is 552 g/mol. The van der Waals surface area contributed by atoms with Crippen molar-refractivity contribution < 1.29 is 23.9 Å². The van der Waals surface area contributed by atoms with Crippen LogP contribution in [0.15, 0.2) is 60.8 Å². The summed E-state index contributed by atoms with van der Waals surface area (Å²) in [5.74, 6) is -0.175. The molecule has 4 rings (SSSR count). The summed E-state index contributed by atoms with van der Waals surface area (Å²) < 4.78 is 8.24. The van der Waals surface area contributed by atoms with Crippen LogP contribution in [0.4, 0.5) is 4.79 Å². The zero-order valence-corrected chi connectivity index (χ0v) is 21.7. The Morgan fingerprint density at radius 2 is 1.83 bits per heavy atom. The first-order valence-corrected chi connectivity index (χ1v) is 12.5. The lowest BCUT2D eigenvalue weighted by molar-refractivity contribution is -0.176. The summed E-state index contributed by atoms with van der Waals surface area (Å²) in [4.78, 5) is 35.6. The van der Waals surface area contributed by atoms with E-state index in [-0.39, 0.29) is 13.2 Å². The van der Waals surface area contributed by atoms with E-state index >= 15 is 0 Å². The second-order valence-electron chi connectivity index (χ2n) is 7.96. The lowest BCUT2D eigenvalue weighted by Gasteiger charge is -2.35. The highest BCUT2D eigenvalue weighted by atomic mass is 35.6. The molecule has 1 saturated heterocycles. The van der Waals surface area contributed by atoms with Crippen LogP contribution in [-0.2, 0) is 21.0 Å². The number of hydroxylamine groups is 2. The fourth-order valence-corrected chi connectivity index (χ4v) is 4.20. The van der Waals surface area contributed by atoms with Crippen LogP contribution >= 0.6 is 46.4 Å². The number of hydrogen-bond donors (Lipinski definition) is 1. The number of halogens is 4. The lowest BCUT2D eigenvalue weighted by atomic mass is 10.0. The van der Waals surface area contributed by atoms with E-state index in [9.17, 15) is 9.59 Å². The van der Waals surface area contributed by atoms with Crippen LogP contribution in [0.3, 0.4) is 0 Å². The molecular formula is C24H21Cl4N3O5. The van der Waals surface area contributed by atoms with Crippen LogP contribution in [0.1, 0.15) is 18.4 Å². The van der Waals surface area contributed by atoms with E-state index in [0.717, 1.165) is 10.6 Å². The monoisotopic (exact) mass is 571 g/mol. The van der Waals surface area contributed by atoms with Gasteiger partial charge >= 0.3 is 16.0 Å². The first kappa shape index (κ1) is 26.7. The highest BCUT2D eigenvalue weighted by Crippen LogP contribution is 2.31. The smallest absolute Gasteiger partial charge is 0.423 e. The molecule has 0 spiro atoms. The third-order valence-electron chi connectivity index (χ3n) is 5.49. The predicted octanol–water partition coefficient (Wildman–Crippen LogP) is 5.81.